The number of nitrogens with one attached hydrogen (secondary N) is 1. The summed E-state index contributed by atoms with van der Waals surface area (Å²) in [6, 6.07) is 16.7. The van der Waals surface area contributed by atoms with E-state index in [1.807, 2.05) is 24.3 Å². The number of halogens is 1. The molecule has 0 atom stereocenters. The molecular formula is C23H29ClN2O. The Morgan fingerprint density at radius 3 is 2.33 bits per heavy atom. The van der Waals surface area contributed by atoms with Crippen LogP contribution in [0.5, 0.6) is 0 Å². The first-order valence-electron chi connectivity index (χ1n) is 9.90. The van der Waals surface area contributed by atoms with Gasteiger partial charge in [-0.15, -0.1) is 0 Å². The standard InChI is InChI=1S/C23H29ClN2O/c1-18-4-6-20(7-5-18)17-26-15-12-21(13-16-26)23(27)25-14-2-3-19-8-10-22(24)11-9-19/h4-11,21H,2-3,12-17H2,1H3,(H,25,27). The van der Waals surface area contributed by atoms with E-state index in [4.69, 9.17) is 11.6 Å². The van der Waals surface area contributed by atoms with Crippen LogP contribution in [0.1, 0.15) is 36.0 Å². The first-order chi connectivity index (χ1) is 13.1. The van der Waals surface area contributed by atoms with Gasteiger partial charge in [-0.1, -0.05) is 53.6 Å². The number of benzene rings is 2. The minimum Gasteiger partial charge on any atom is -0.356 e. The van der Waals surface area contributed by atoms with Crippen LogP contribution in [-0.4, -0.2) is 30.4 Å². The zero-order valence-corrected chi connectivity index (χ0v) is 16.8. The predicted molar refractivity (Wildman–Crippen MR) is 112 cm³/mol. The maximum atomic E-state index is 12.4. The molecule has 0 radical (unpaired) electrons. The van der Waals surface area contributed by atoms with Gasteiger partial charge in [-0.25, -0.2) is 0 Å². The lowest BCUT2D eigenvalue weighted by atomic mass is 9.95. The maximum Gasteiger partial charge on any atom is 0.223 e. The van der Waals surface area contributed by atoms with Crippen molar-refractivity contribution in [2.24, 2.45) is 5.92 Å². The third kappa shape index (κ3) is 6.37. The van der Waals surface area contributed by atoms with Crippen molar-refractivity contribution in [1.82, 2.24) is 10.2 Å². The fourth-order valence-electron chi connectivity index (χ4n) is 3.60. The highest BCUT2D eigenvalue weighted by molar-refractivity contribution is 6.30. The molecule has 0 bridgehead atoms. The van der Waals surface area contributed by atoms with Gasteiger partial charge in [0.05, 0.1) is 0 Å². The van der Waals surface area contributed by atoms with Crippen LogP contribution >= 0.6 is 11.6 Å². The lowest BCUT2D eigenvalue weighted by Crippen LogP contribution is -2.40. The minimum absolute atomic E-state index is 0.162. The molecule has 1 amide bonds. The van der Waals surface area contributed by atoms with E-state index in [-0.39, 0.29) is 11.8 Å². The van der Waals surface area contributed by atoms with E-state index in [0.29, 0.717) is 0 Å². The van der Waals surface area contributed by atoms with E-state index in [2.05, 4.69) is 41.4 Å². The van der Waals surface area contributed by atoms with Crippen molar-refractivity contribution in [3.05, 3.63) is 70.2 Å². The number of carbonyl (C=O) groups excluding carboxylic acids is 1. The van der Waals surface area contributed by atoms with Crippen LogP contribution in [-0.2, 0) is 17.8 Å². The van der Waals surface area contributed by atoms with E-state index in [9.17, 15) is 4.79 Å². The molecule has 1 aliphatic heterocycles. The number of piperidine rings is 1. The van der Waals surface area contributed by atoms with Gasteiger partial charge in [0.1, 0.15) is 0 Å². The Balaban J connectivity index is 1.33. The highest BCUT2D eigenvalue weighted by Crippen LogP contribution is 2.19. The number of likely N-dealkylation sites (tertiary alicyclic amines) is 1. The van der Waals surface area contributed by atoms with Crippen molar-refractivity contribution in [1.29, 1.82) is 0 Å². The van der Waals surface area contributed by atoms with Crippen LogP contribution < -0.4 is 5.32 Å². The molecule has 0 aliphatic carbocycles. The predicted octanol–water partition coefficient (Wildman–Crippen LogP) is 4.61. The smallest absolute Gasteiger partial charge is 0.223 e. The molecule has 144 valence electrons. The van der Waals surface area contributed by atoms with E-state index >= 15 is 0 Å². The highest BCUT2D eigenvalue weighted by Gasteiger charge is 2.24. The summed E-state index contributed by atoms with van der Waals surface area (Å²) in [6.07, 6.45) is 3.83. The molecule has 0 aromatic heterocycles. The Morgan fingerprint density at radius 1 is 1.04 bits per heavy atom. The molecule has 2 aromatic carbocycles. The molecule has 0 spiro atoms. The molecule has 1 N–H and O–H groups in total. The Labute approximate surface area is 167 Å². The molecule has 3 nitrogen and oxygen atoms in total. The van der Waals surface area contributed by atoms with Gasteiger partial charge in [0.15, 0.2) is 0 Å². The lowest BCUT2D eigenvalue weighted by molar-refractivity contribution is -0.126. The molecular weight excluding hydrogens is 356 g/mol. The fraction of sp³-hybridized carbons (Fsp3) is 0.435. The zero-order valence-electron chi connectivity index (χ0n) is 16.1. The molecule has 1 heterocycles. The monoisotopic (exact) mass is 384 g/mol. The molecule has 0 unspecified atom stereocenters. The van der Waals surface area contributed by atoms with Crippen LogP contribution in [0.3, 0.4) is 0 Å². The number of amides is 1. The van der Waals surface area contributed by atoms with Crippen LogP contribution in [0, 0.1) is 12.8 Å². The van der Waals surface area contributed by atoms with Gasteiger partial charge in [-0.05, 0) is 69.0 Å². The van der Waals surface area contributed by atoms with Crippen LogP contribution in [0.15, 0.2) is 48.5 Å². The number of hydrogen-bond acceptors (Lipinski definition) is 2. The molecule has 0 saturated carbocycles. The highest BCUT2D eigenvalue weighted by atomic mass is 35.5. The second-order valence-corrected chi connectivity index (χ2v) is 7.99. The molecule has 2 aromatic rings. The summed E-state index contributed by atoms with van der Waals surface area (Å²) in [5.41, 5.74) is 3.91. The van der Waals surface area contributed by atoms with E-state index in [0.717, 1.165) is 56.9 Å². The number of rotatable bonds is 7. The third-order valence-electron chi connectivity index (χ3n) is 5.34. The summed E-state index contributed by atoms with van der Waals surface area (Å²) < 4.78 is 0. The summed E-state index contributed by atoms with van der Waals surface area (Å²) in [7, 11) is 0. The summed E-state index contributed by atoms with van der Waals surface area (Å²) in [5, 5.41) is 3.89. The Morgan fingerprint density at radius 2 is 1.67 bits per heavy atom. The quantitative estimate of drug-likeness (QED) is 0.707. The van der Waals surface area contributed by atoms with E-state index in [1.54, 1.807) is 0 Å². The number of nitrogens with zero attached hydrogens (tertiary/aromatic N) is 1. The maximum absolute atomic E-state index is 12.4. The molecule has 1 aliphatic rings. The average Bonchev–Trinajstić information content (AvgIpc) is 2.69. The normalized spacial score (nSPS) is 15.6. The number of hydrogen-bond donors (Lipinski definition) is 1. The Kier molecular flexibility index (Phi) is 7.31. The van der Waals surface area contributed by atoms with Crippen LogP contribution in [0.25, 0.3) is 0 Å². The molecule has 1 fully saturated rings. The molecule has 4 heteroatoms. The first kappa shape index (κ1) is 19.9. The summed E-state index contributed by atoms with van der Waals surface area (Å²) in [5.74, 6) is 0.385. The molecule has 1 saturated heterocycles. The SMILES string of the molecule is Cc1ccc(CN2CCC(C(=O)NCCCc3ccc(Cl)cc3)CC2)cc1. The minimum atomic E-state index is 0.162. The molecule has 3 rings (SSSR count). The Hall–Kier alpha value is -1.84. The van der Waals surface area contributed by atoms with Crippen LogP contribution in [0.2, 0.25) is 5.02 Å². The topological polar surface area (TPSA) is 32.3 Å². The summed E-state index contributed by atoms with van der Waals surface area (Å²) >= 11 is 5.90. The van der Waals surface area contributed by atoms with Crippen molar-refractivity contribution in [2.75, 3.05) is 19.6 Å². The second-order valence-electron chi connectivity index (χ2n) is 7.56. The summed E-state index contributed by atoms with van der Waals surface area (Å²) in [6.45, 7) is 5.83. The molecule has 27 heavy (non-hydrogen) atoms. The third-order valence-corrected chi connectivity index (χ3v) is 5.59. The van der Waals surface area contributed by atoms with Crippen molar-refractivity contribution in [3.63, 3.8) is 0 Å². The lowest BCUT2D eigenvalue weighted by Gasteiger charge is -2.31. The van der Waals surface area contributed by atoms with Gasteiger partial charge in [0, 0.05) is 24.0 Å². The summed E-state index contributed by atoms with van der Waals surface area (Å²) in [4.78, 5) is 14.9. The van der Waals surface area contributed by atoms with Crippen LogP contribution in [0.4, 0.5) is 0 Å². The van der Waals surface area contributed by atoms with Gasteiger partial charge >= 0.3 is 0 Å². The fourth-order valence-corrected chi connectivity index (χ4v) is 3.73. The van der Waals surface area contributed by atoms with Crippen molar-refractivity contribution in [2.45, 2.75) is 39.2 Å². The van der Waals surface area contributed by atoms with Gasteiger partial charge in [-0.2, -0.15) is 0 Å². The van der Waals surface area contributed by atoms with Gasteiger partial charge in [-0.3, -0.25) is 9.69 Å². The zero-order chi connectivity index (χ0) is 19.1. The largest absolute Gasteiger partial charge is 0.356 e. The average molecular weight is 385 g/mol. The second kappa shape index (κ2) is 9.91. The van der Waals surface area contributed by atoms with Gasteiger partial charge in [0.2, 0.25) is 5.91 Å². The first-order valence-corrected chi connectivity index (χ1v) is 10.3. The van der Waals surface area contributed by atoms with Crippen molar-refractivity contribution < 1.29 is 4.79 Å². The number of carbonyl (C=O) groups is 1. The van der Waals surface area contributed by atoms with Crippen molar-refractivity contribution >= 4 is 17.5 Å². The Bertz CT molecular complexity index is 719. The van der Waals surface area contributed by atoms with Crippen molar-refractivity contribution in [3.8, 4) is 0 Å². The van der Waals surface area contributed by atoms with E-state index < -0.39 is 0 Å². The van der Waals surface area contributed by atoms with E-state index in [1.165, 1.54) is 16.7 Å². The van der Waals surface area contributed by atoms with Gasteiger partial charge < -0.3 is 5.32 Å². The number of aryl methyl sites for hydroxylation is 2. The van der Waals surface area contributed by atoms with Gasteiger partial charge in [0.25, 0.3) is 0 Å².